The highest BCUT2D eigenvalue weighted by atomic mass is 79.9. The highest BCUT2D eigenvalue weighted by Gasteiger charge is 2.09. The first-order valence-corrected chi connectivity index (χ1v) is 7.80. The van der Waals surface area contributed by atoms with Gasteiger partial charge in [-0.25, -0.2) is 0 Å². The van der Waals surface area contributed by atoms with Gasteiger partial charge in [-0.2, -0.15) is 0 Å². The third kappa shape index (κ3) is 3.68. The van der Waals surface area contributed by atoms with Crippen LogP contribution in [-0.2, 0) is 6.61 Å². The molecule has 0 bridgehead atoms. The van der Waals surface area contributed by atoms with Crippen LogP contribution in [0, 0.1) is 0 Å². The van der Waals surface area contributed by atoms with Crippen LogP contribution in [0.2, 0.25) is 0 Å². The average molecular weight is 355 g/mol. The van der Waals surface area contributed by atoms with Gasteiger partial charge in [-0.3, -0.25) is 0 Å². The summed E-state index contributed by atoms with van der Waals surface area (Å²) in [5.74, 6) is 2.29. The first-order valence-electron chi connectivity index (χ1n) is 7.01. The molecule has 3 aromatic rings. The number of benzene rings is 3. The SMILES string of the molecule is Brc1c(OCc2ccccc2)cccc1Oc1ccccc1. The van der Waals surface area contributed by atoms with E-state index in [-0.39, 0.29) is 0 Å². The van der Waals surface area contributed by atoms with E-state index < -0.39 is 0 Å². The Morgan fingerprint density at radius 3 is 2.05 bits per heavy atom. The van der Waals surface area contributed by atoms with Crippen molar-refractivity contribution in [3.05, 3.63) is 88.9 Å². The Morgan fingerprint density at radius 1 is 0.682 bits per heavy atom. The molecule has 0 amide bonds. The van der Waals surface area contributed by atoms with Crippen molar-refractivity contribution in [1.82, 2.24) is 0 Å². The zero-order valence-corrected chi connectivity index (χ0v) is 13.5. The van der Waals surface area contributed by atoms with Crippen molar-refractivity contribution in [2.24, 2.45) is 0 Å². The zero-order chi connectivity index (χ0) is 15.2. The molecular formula is C19H15BrO2. The molecular weight excluding hydrogens is 340 g/mol. The number of para-hydroxylation sites is 1. The standard InChI is InChI=1S/C19H15BrO2/c20-19-17(21-14-15-8-3-1-4-9-15)12-7-13-18(19)22-16-10-5-2-6-11-16/h1-13H,14H2. The summed E-state index contributed by atoms with van der Waals surface area (Å²) in [7, 11) is 0. The van der Waals surface area contributed by atoms with Crippen molar-refractivity contribution in [3.8, 4) is 17.2 Å². The molecule has 0 heterocycles. The third-order valence-electron chi connectivity index (χ3n) is 3.14. The lowest BCUT2D eigenvalue weighted by Gasteiger charge is -2.12. The van der Waals surface area contributed by atoms with E-state index in [0.717, 1.165) is 27.3 Å². The monoisotopic (exact) mass is 354 g/mol. The summed E-state index contributed by atoms with van der Waals surface area (Å²) in [4.78, 5) is 0. The van der Waals surface area contributed by atoms with Crippen LogP contribution >= 0.6 is 15.9 Å². The minimum atomic E-state index is 0.522. The predicted molar refractivity (Wildman–Crippen MR) is 91.4 cm³/mol. The van der Waals surface area contributed by atoms with Crippen LogP contribution in [0.1, 0.15) is 5.56 Å². The van der Waals surface area contributed by atoms with E-state index >= 15 is 0 Å². The molecule has 0 aromatic heterocycles. The van der Waals surface area contributed by atoms with Gasteiger partial charge in [0.05, 0.1) is 0 Å². The van der Waals surface area contributed by atoms with Gasteiger partial charge in [0.25, 0.3) is 0 Å². The Labute approximate surface area is 138 Å². The maximum atomic E-state index is 5.87. The molecule has 0 aliphatic heterocycles. The third-order valence-corrected chi connectivity index (χ3v) is 3.92. The number of rotatable bonds is 5. The first kappa shape index (κ1) is 14.7. The van der Waals surface area contributed by atoms with E-state index in [0.29, 0.717) is 6.61 Å². The maximum Gasteiger partial charge on any atom is 0.145 e. The molecule has 2 nitrogen and oxygen atoms in total. The first-order chi connectivity index (χ1) is 10.8. The van der Waals surface area contributed by atoms with Crippen LogP contribution in [0.25, 0.3) is 0 Å². The maximum absolute atomic E-state index is 5.87. The van der Waals surface area contributed by atoms with Crippen molar-refractivity contribution in [1.29, 1.82) is 0 Å². The Hall–Kier alpha value is -2.26. The second kappa shape index (κ2) is 7.14. The van der Waals surface area contributed by atoms with Crippen LogP contribution in [0.4, 0.5) is 0 Å². The molecule has 0 N–H and O–H groups in total. The fraction of sp³-hybridized carbons (Fsp3) is 0.0526. The molecule has 0 saturated heterocycles. The van der Waals surface area contributed by atoms with E-state index in [1.165, 1.54) is 0 Å². The highest BCUT2D eigenvalue weighted by molar-refractivity contribution is 9.10. The van der Waals surface area contributed by atoms with Gasteiger partial charge >= 0.3 is 0 Å². The molecule has 0 unspecified atom stereocenters. The van der Waals surface area contributed by atoms with Crippen LogP contribution in [-0.4, -0.2) is 0 Å². The fourth-order valence-electron chi connectivity index (χ4n) is 2.03. The molecule has 0 atom stereocenters. The molecule has 0 aliphatic carbocycles. The van der Waals surface area contributed by atoms with Crippen molar-refractivity contribution in [2.75, 3.05) is 0 Å². The summed E-state index contributed by atoms with van der Waals surface area (Å²) >= 11 is 3.56. The summed E-state index contributed by atoms with van der Waals surface area (Å²) in [6, 6.07) is 25.5. The Bertz CT molecular complexity index is 727. The van der Waals surface area contributed by atoms with Gasteiger partial charge in [-0.05, 0) is 45.8 Å². The van der Waals surface area contributed by atoms with E-state index in [2.05, 4.69) is 15.9 Å². The highest BCUT2D eigenvalue weighted by Crippen LogP contribution is 2.37. The van der Waals surface area contributed by atoms with Gasteiger partial charge in [-0.15, -0.1) is 0 Å². The molecule has 0 spiro atoms. The quantitative estimate of drug-likeness (QED) is 0.574. The summed E-state index contributed by atoms with van der Waals surface area (Å²) < 4.78 is 12.6. The second-order valence-electron chi connectivity index (χ2n) is 4.76. The number of ether oxygens (including phenoxy) is 2. The van der Waals surface area contributed by atoms with Crippen molar-refractivity contribution < 1.29 is 9.47 Å². The van der Waals surface area contributed by atoms with Gasteiger partial charge in [0.2, 0.25) is 0 Å². The molecule has 3 heteroatoms. The van der Waals surface area contributed by atoms with Gasteiger partial charge in [0, 0.05) is 0 Å². The topological polar surface area (TPSA) is 18.5 Å². The Morgan fingerprint density at radius 2 is 1.32 bits per heavy atom. The van der Waals surface area contributed by atoms with Gasteiger partial charge < -0.3 is 9.47 Å². The summed E-state index contributed by atoms with van der Waals surface area (Å²) in [6.45, 7) is 0.522. The Kier molecular flexibility index (Phi) is 4.76. The molecule has 3 aromatic carbocycles. The molecule has 110 valence electrons. The minimum Gasteiger partial charge on any atom is -0.488 e. The lowest BCUT2D eigenvalue weighted by Crippen LogP contribution is -1.96. The molecule has 0 saturated carbocycles. The lowest BCUT2D eigenvalue weighted by molar-refractivity contribution is 0.302. The summed E-state index contributed by atoms with van der Waals surface area (Å²) in [6.07, 6.45) is 0. The van der Waals surface area contributed by atoms with E-state index in [4.69, 9.17) is 9.47 Å². The summed E-state index contributed by atoms with van der Waals surface area (Å²) in [5, 5.41) is 0. The van der Waals surface area contributed by atoms with Gasteiger partial charge in [0.1, 0.15) is 28.3 Å². The van der Waals surface area contributed by atoms with Crippen molar-refractivity contribution >= 4 is 15.9 Å². The largest absolute Gasteiger partial charge is 0.488 e. The fourth-order valence-corrected chi connectivity index (χ4v) is 2.49. The Balaban J connectivity index is 1.74. The molecule has 0 aliphatic rings. The van der Waals surface area contributed by atoms with E-state index in [1.807, 2.05) is 78.9 Å². The van der Waals surface area contributed by atoms with E-state index in [9.17, 15) is 0 Å². The average Bonchev–Trinajstić information content (AvgIpc) is 2.58. The molecule has 22 heavy (non-hydrogen) atoms. The second-order valence-corrected chi connectivity index (χ2v) is 5.55. The van der Waals surface area contributed by atoms with E-state index in [1.54, 1.807) is 0 Å². The normalized spacial score (nSPS) is 10.2. The van der Waals surface area contributed by atoms with Crippen molar-refractivity contribution in [3.63, 3.8) is 0 Å². The number of hydrogen-bond acceptors (Lipinski definition) is 2. The zero-order valence-electron chi connectivity index (χ0n) is 11.9. The van der Waals surface area contributed by atoms with Gasteiger partial charge in [-0.1, -0.05) is 54.6 Å². The molecule has 3 rings (SSSR count). The predicted octanol–water partition coefficient (Wildman–Crippen LogP) is 5.82. The number of hydrogen-bond donors (Lipinski definition) is 0. The van der Waals surface area contributed by atoms with Crippen LogP contribution in [0.15, 0.2) is 83.3 Å². The molecule has 0 fully saturated rings. The number of halogens is 1. The minimum absolute atomic E-state index is 0.522. The smallest absolute Gasteiger partial charge is 0.145 e. The van der Waals surface area contributed by atoms with Crippen LogP contribution < -0.4 is 9.47 Å². The van der Waals surface area contributed by atoms with Crippen LogP contribution in [0.3, 0.4) is 0 Å². The van der Waals surface area contributed by atoms with Crippen molar-refractivity contribution in [2.45, 2.75) is 6.61 Å². The van der Waals surface area contributed by atoms with Gasteiger partial charge in [0.15, 0.2) is 0 Å². The van der Waals surface area contributed by atoms with Crippen LogP contribution in [0.5, 0.6) is 17.2 Å². The summed E-state index contributed by atoms with van der Waals surface area (Å²) in [5.41, 5.74) is 1.13. The lowest BCUT2D eigenvalue weighted by atomic mass is 10.2. The molecule has 0 radical (unpaired) electrons.